The number of amides is 1. The first kappa shape index (κ1) is 16.4. The van der Waals surface area contributed by atoms with Crippen LogP contribution < -0.4 is 5.32 Å². The van der Waals surface area contributed by atoms with Crippen molar-refractivity contribution < 1.29 is 4.79 Å². The Labute approximate surface area is 152 Å². The number of thiazole rings is 1. The number of hydrogen-bond acceptors (Lipinski definition) is 4. The molecule has 1 fully saturated rings. The first-order chi connectivity index (χ1) is 10.8. The lowest BCUT2D eigenvalue weighted by Crippen LogP contribution is -2.58. The lowest BCUT2D eigenvalue weighted by Gasteiger charge is -2.37. The second-order valence-corrected chi connectivity index (χ2v) is 8.26. The summed E-state index contributed by atoms with van der Waals surface area (Å²) in [5.74, 6) is 0.0451. The fourth-order valence-corrected chi connectivity index (χ4v) is 4.44. The van der Waals surface area contributed by atoms with Crippen molar-refractivity contribution in [3.63, 3.8) is 0 Å². The summed E-state index contributed by atoms with van der Waals surface area (Å²) < 4.78 is 1.19. The molecule has 1 amide bonds. The molecule has 0 radical (unpaired) electrons. The average molecular weight is 440 g/mol. The maximum absolute atomic E-state index is 12.1. The maximum atomic E-state index is 12.1. The van der Waals surface area contributed by atoms with Gasteiger partial charge in [0.25, 0.3) is 0 Å². The third kappa shape index (κ3) is 3.12. The summed E-state index contributed by atoms with van der Waals surface area (Å²) in [5.41, 5.74) is 1.72. The van der Waals surface area contributed by atoms with Crippen molar-refractivity contribution in [3.05, 3.63) is 38.5 Å². The molecule has 0 spiro atoms. The van der Waals surface area contributed by atoms with Crippen molar-refractivity contribution in [3.8, 4) is 10.4 Å². The van der Waals surface area contributed by atoms with Crippen LogP contribution in [0.5, 0.6) is 0 Å². The van der Waals surface area contributed by atoms with E-state index in [9.17, 15) is 4.79 Å². The van der Waals surface area contributed by atoms with Crippen molar-refractivity contribution in [2.24, 2.45) is 0 Å². The van der Waals surface area contributed by atoms with Crippen LogP contribution in [0.25, 0.3) is 10.4 Å². The summed E-state index contributed by atoms with van der Waals surface area (Å²) in [6, 6.07) is 6.39. The Morgan fingerprint density at radius 2 is 2.17 bits per heavy atom. The van der Waals surface area contributed by atoms with Gasteiger partial charge < -0.3 is 5.32 Å². The van der Waals surface area contributed by atoms with E-state index in [1.165, 1.54) is 14.0 Å². The molecule has 3 rings (SSSR count). The van der Waals surface area contributed by atoms with Crippen molar-refractivity contribution >= 4 is 45.8 Å². The summed E-state index contributed by atoms with van der Waals surface area (Å²) in [4.78, 5) is 19.0. The fraction of sp³-hybridized carbons (Fsp3) is 0.312. The highest BCUT2D eigenvalue weighted by Crippen LogP contribution is 2.36. The summed E-state index contributed by atoms with van der Waals surface area (Å²) in [5, 5.41) is 11.9. The van der Waals surface area contributed by atoms with Gasteiger partial charge in [-0.25, -0.2) is 4.98 Å². The van der Waals surface area contributed by atoms with Crippen molar-refractivity contribution in [1.29, 1.82) is 5.41 Å². The van der Waals surface area contributed by atoms with Gasteiger partial charge in [0.2, 0.25) is 5.91 Å². The number of hydrogen-bond donors (Lipinski definition) is 2. The highest BCUT2D eigenvalue weighted by atomic mass is 127. The first-order valence-electron chi connectivity index (χ1n) is 7.16. The minimum Gasteiger partial charge on any atom is -0.344 e. The molecule has 23 heavy (non-hydrogen) atoms. The zero-order chi connectivity index (χ0) is 16.8. The van der Waals surface area contributed by atoms with E-state index in [0.29, 0.717) is 6.42 Å². The molecule has 5 nitrogen and oxygen atoms in total. The number of nitrogens with one attached hydrogen (secondary N) is 2. The predicted molar refractivity (Wildman–Crippen MR) is 101 cm³/mol. The van der Waals surface area contributed by atoms with Gasteiger partial charge in [-0.15, -0.1) is 11.3 Å². The molecule has 0 bridgehead atoms. The molecule has 2 aromatic rings. The highest BCUT2D eigenvalue weighted by molar-refractivity contribution is 14.1. The topological polar surface area (TPSA) is 69.1 Å². The first-order valence-corrected chi connectivity index (χ1v) is 9.05. The van der Waals surface area contributed by atoms with E-state index in [1.54, 1.807) is 18.4 Å². The number of aryl methyl sites for hydroxylation is 1. The molecular formula is C16H17IN4OS. The molecule has 2 N–H and O–H groups in total. The molecule has 0 saturated carbocycles. The highest BCUT2D eigenvalue weighted by Gasteiger charge is 2.40. The fourth-order valence-electron chi connectivity index (χ4n) is 2.61. The Morgan fingerprint density at radius 3 is 2.83 bits per heavy atom. The van der Waals surface area contributed by atoms with Crippen LogP contribution in [0.2, 0.25) is 0 Å². The number of nitrogens with zero attached hydrogens (tertiary/aromatic N) is 2. The molecule has 1 saturated heterocycles. The number of carbonyl (C=O) groups is 1. The van der Waals surface area contributed by atoms with Gasteiger partial charge in [0.05, 0.1) is 16.8 Å². The normalized spacial score (nSPS) is 21.5. The van der Waals surface area contributed by atoms with Crippen molar-refractivity contribution in [2.45, 2.75) is 25.8 Å². The SMILES string of the molecule is Cc1cc(I)cc(-c2cnc([C@]3(C)CC(=O)N(C)C(=N)N3)s2)c1. The quantitative estimate of drug-likeness (QED) is 0.705. The summed E-state index contributed by atoms with van der Waals surface area (Å²) in [7, 11) is 1.61. The van der Waals surface area contributed by atoms with Gasteiger partial charge in [-0.3, -0.25) is 15.1 Å². The molecule has 0 unspecified atom stereocenters. The zero-order valence-electron chi connectivity index (χ0n) is 13.1. The minimum absolute atomic E-state index is 0.0712. The number of aromatic nitrogens is 1. The van der Waals surface area contributed by atoms with Crippen LogP contribution in [-0.4, -0.2) is 28.8 Å². The van der Waals surface area contributed by atoms with E-state index in [2.05, 4.69) is 58.0 Å². The van der Waals surface area contributed by atoms with E-state index in [4.69, 9.17) is 5.41 Å². The van der Waals surface area contributed by atoms with Crippen LogP contribution in [0.15, 0.2) is 24.4 Å². The van der Waals surface area contributed by atoms with Crippen LogP contribution in [0.1, 0.15) is 23.9 Å². The van der Waals surface area contributed by atoms with E-state index in [1.807, 2.05) is 13.1 Å². The van der Waals surface area contributed by atoms with Gasteiger partial charge in [-0.05, 0) is 59.7 Å². The van der Waals surface area contributed by atoms with Gasteiger partial charge >= 0.3 is 0 Å². The maximum Gasteiger partial charge on any atom is 0.231 e. The Morgan fingerprint density at radius 1 is 1.43 bits per heavy atom. The molecule has 7 heteroatoms. The summed E-state index contributed by atoms with van der Waals surface area (Å²) in [6.07, 6.45) is 2.15. The second-order valence-electron chi connectivity index (χ2n) is 5.98. The Bertz CT molecular complexity index is 763. The van der Waals surface area contributed by atoms with Crippen LogP contribution in [0.3, 0.4) is 0 Å². The van der Waals surface area contributed by atoms with Gasteiger partial charge in [0, 0.05) is 16.8 Å². The van der Waals surface area contributed by atoms with Gasteiger partial charge in [0.15, 0.2) is 5.96 Å². The van der Waals surface area contributed by atoms with Crippen LogP contribution in [-0.2, 0) is 10.3 Å². The number of halogens is 1. The molecule has 1 aromatic heterocycles. The standard InChI is InChI=1S/C16H17IN4OS/c1-9-4-10(6-11(17)5-9)12-8-19-14(23-12)16(2)7-13(22)21(3)15(18)20-16/h4-6,8H,7H2,1-3H3,(H2,18,20)/t16-/m0/s1. The van der Waals surface area contributed by atoms with Crippen LogP contribution >= 0.6 is 33.9 Å². The summed E-state index contributed by atoms with van der Waals surface area (Å²) >= 11 is 3.88. The third-order valence-electron chi connectivity index (χ3n) is 3.91. The average Bonchev–Trinajstić information content (AvgIpc) is 2.94. The Hall–Kier alpha value is -1.48. The molecule has 0 aliphatic carbocycles. The predicted octanol–water partition coefficient (Wildman–Crippen LogP) is 3.32. The number of rotatable bonds is 2. The van der Waals surface area contributed by atoms with Gasteiger partial charge in [-0.2, -0.15) is 0 Å². The Balaban J connectivity index is 1.95. The number of carbonyl (C=O) groups excluding carboxylic acids is 1. The molecular weight excluding hydrogens is 423 g/mol. The zero-order valence-corrected chi connectivity index (χ0v) is 16.1. The summed E-state index contributed by atoms with van der Waals surface area (Å²) in [6.45, 7) is 4.00. The molecule has 1 aliphatic rings. The van der Waals surface area contributed by atoms with E-state index >= 15 is 0 Å². The molecule has 120 valence electrons. The van der Waals surface area contributed by atoms with E-state index in [0.717, 1.165) is 15.4 Å². The lowest BCUT2D eigenvalue weighted by atomic mass is 9.96. The molecule has 1 aliphatic heterocycles. The van der Waals surface area contributed by atoms with Crippen molar-refractivity contribution in [2.75, 3.05) is 7.05 Å². The van der Waals surface area contributed by atoms with E-state index < -0.39 is 5.54 Å². The second kappa shape index (κ2) is 5.86. The van der Waals surface area contributed by atoms with Gasteiger partial charge in [0.1, 0.15) is 5.01 Å². The largest absolute Gasteiger partial charge is 0.344 e. The van der Waals surface area contributed by atoms with Crippen LogP contribution in [0.4, 0.5) is 0 Å². The van der Waals surface area contributed by atoms with Crippen molar-refractivity contribution in [1.82, 2.24) is 15.2 Å². The molecule has 1 aromatic carbocycles. The van der Waals surface area contributed by atoms with Crippen LogP contribution in [0, 0.1) is 15.9 Å². The monoisotopic (exact) mass is 440 g/mol. The number of guanidine groups is 1. The number of benzene rings is 1. The minimum atomic E-state index is -0.624. The third-order valence-corrected chi connectivity index (χ3v) is 5.85. The van der Waals surface area contributed by atoms with Gasteiger partial charge in [-0.1, -0.05) is 6.07 Å². The Kier molecular flexibility index (Phi) is 4.18. The smallest absolute Gasteiger partial charge is 0.231 e. The molecule has 2 heterocycles. The molecule has 1 atom stereocenters. The van der Waals surface area contributed by atoms with E-state index in [-0.39, 0.29) is 11.9 Å². The lowest BCUT2D eigenvalue weighted by molar-refractivity contribution is -0.129.